The summed E-state index contributed by atoms with van der Waals surface area (Å²) in [6.45, 7) is 28.7. The summed E-state index contributed by atoms with van der Waals surface area (Å²) in [5.41, 5.74) is -5.92. The van der Waals surface area contributed by atoms with Crippen LogP contribution in [0.5, 0.6) is 17.2 Å². The zero-order valence-corrected chi connectivity index (χ0v) is 42.0. The Morgan fingerprint density at radius 2 is 0.955 bits per heavy atom. The van der Waals surface area contributed by atoms with Crippen molar-refractivity contribution in [1.29, 1.82) is 0 Å². The minimum atomic E-state index is -5.90. The molecule has 372 valence electrons. The summed E-state index contributed by atoms with van der Waals surface area (Å²) in [7, 11) is -7.44. The number of halogens is 3. The lowest BCUT2D eigenvalue weighted by Gasteiger charge is -2.32. The van der Waals surface area contributed by atoms with Crippen LogP contribution in [0.4, 0.5) is 13.2 Å². The number of carbonyl (C=O) groups excluding carboxylic acids is 2. The van der Waals surface area contributed by atoms with E-state index < -0.39 is 60.0 Å². The number of hydrogen-bond donors (Lipinski definition) is 0. The van der Waals surface area contributed by atoms with Crippen molar-refractivity contribution in [1.82, 2.24) is 0 Å². The van der Waals surface area contributed by atoms with Gasteiger partial charge < -0.3 is 51.1 Å². The summed E-state index contributed by atoms with van der Waals surface area (Å²) >= 11 is 0. The lowest BCUT2D eigenvalue weighted by atomic mass is 9.49. The molecule has 5 heterocycles. The fourth-order valence-corrected chi connectivity index (χ4v) is 7.75. The van der Waals surface area contributed by atoms with Gasteiger partial charge in [-0.25, -0.2) is 0 Å². The molecule has 0 spiro atoms. The first kappa shape index (κ1) is 54.7. The SMILES string of the molecule is CC1(C)OB(B2OC(C)(C)C(C)(C)O2)OC1(C)C.Cc1cc(OC2CCCCO2)cc(B2OC(C)(C)C(C)(C)O2)c1C=O.Cc1cc(OC2CCCCO2)cc(OS(=O)(=O)C(F)(F)F)c1C=O. The first-order chi connectivity index (χ1) is 30.7. The number of benzene rings is 2. The molecule has 2 aromatic carbocycles. The van der Waals surface area contributed by atoms with Gasteiger partial charge in [0.25, 0.3) is 0 Å². The third-order valence-corrected chi connectivity index (χ3v) is 14.5. The molecule has 0 bridgehead atoms. The molecule has 5 saturated heterocycles. The van der Waals surface area contributed by atoms with Crippen LogP contribution in [-0.4, -0.2) is 107 Å². The molecular formula is C45H66B3F3O15S. The van der Waals surface area contributed by atoms with E-state index in [-0.39, 0.29) is 51.9 Å². The molecule has 5 aliphatic rings. The van der Waals surface area contributed by atoms with Crippen LogP contribution in [0.1, 0.15) is 153 Å². The standard InChI is InChI=1S/C19H27BO5.C14H15F3O6S.C12H24B2O4/c1-13-10-14(23-17-8-6-7-9-22-17)11-16(15(13)12-21)20-24-18(2,3)19(4,5)25-20;1-9-6-10(22-13-4-2-3-5-21-13)7-12(11(9)8-18)23-24(19,20)14(15,16)17;1-9(2)10(3,4)16-13(15-9)14-17-11(5,6)12(7,8)18-14/h10-12,17H,6-9H2,1-5H3;6-8,13H,2-5H2,1H3;1-8H3. The van der Waals surface area contributed by atoms with Crippen LogP contribution >= 0.6 is 0 Å². The van der Waals surface area contributed by atoms with Crippen molar-refractivity contribution in [2.24, 2.45) is 0 Å². The Morgan fingerprint density at radius 3 is 1.31 bits per heavy atom. The van der Waals surface area contributed by atoms with Crippen molar-refractivity contribution < 1.29 is 82.2 Å². The number of aryl methyl sites for hydroxylation is 2. The Bertz CT molecular complexity index is 2110. The van der Waals surface area contributed by atoms with Crippen molar-refractivity contribution in [3.8, 4) is 17.2 Å². The second-order valence-electron chi connectivity index (χ2n) is 20.3. The van der Waals surface area contributed by atoms with Gasteiger partial charge >= 0.3 is 36.8 Å². The first-order valence-corrected chi connectivity index (χ1v) is 24.0. The second kappa shape index (κ2) is 20.3. The van der Waals surface area contributed by atoms with Gasteiger partial charge in [0.15, 0.2) is 24.6 Å². The molecule has 0 aliphatic carbocycles. The Labute approximate surface area is 394 Å². The maximum Gasteiger partial charge on any atom is 0.534 e. The number of alkyl halides is 3. The van der Waals surface area contributed by atoms with Gasteiger partial charge in [0.2, 0.25) is 0 Å². The maximum absolute atomic E-state index is 12.5. The molecular weight excluding hydrogens is 902 g/mol. The third kappa shape index (κ3) is 12.6. The van der Waals surface area contributed by atoms with E-state index in [0.717, 1.165) is 56.6 Å². The quantitative estimate of drug-likeness (QED) is 0.0966. The molecule has 0 aromatic heterocycles. The van der Waals surface area contributed by atoms with Crippen LogP contribution in [0, 0.1) is 13.8 Å². The highest BCUT2D eigenvalue weighted by molar-refractivity contribution is 7.88. The number of carbonyl (C=O) groups is 2. The number of ether oxygens (including phenoxy) is 4. The lowest BCUT2D eigenvalue weighted by molar-refractivity contribution is -0.106. The van der Waals surface area contributed by atoms with Crippen LogP contribution in [-0.2, 0) is 47.5 Å². The van der Waals surface area contributed by atoms with Gasteiger partial charge in [0.1, 0.15) is 17.8 Å². The van der Waals surface area contributed by atoms with E-state index in [0.29, 0.717) is 29.8 Å². The smallest absolute Gasteiger partial charge is 0.465 e. The Balaban J connectivity index is 0.000000191. The number of hydrogen-bond acceptors (Lipinski definition) is 15. The molecule has 0 radical (unpaired) electrons. The van der Waals surface area contributed by atoms with E-state index in [1.165, 1.54) is 13.0 Å². The molecule has 0 saturated carbocycles. The molecule has 22 heteroatoms. The van der Waals surface area contributed by atoms with Gasteiger partial charge in [-0.3, -0.25) is 9.59 Å². The number of rotatable bonds is 10. The molecule has 7 rings (SSSR count). The normalized spacial score (nSPS) is 24.7. The van der Waals surface area contributed by atoms with Crippen LogP contribution in [0.2, 0.25) is 0 Å². The summed E-state index contributed by atoms with van der Waals surface area (Å²) in [6.07, 6.45) is 5.62. The van der Waals surface area contributed by atoms with Gasteiger partial charge in [-0.2, -0.15) is 21.6 Å². The minimum absolute atomic E-state index is 0.0531. The second-order valence-corrected chi connectivity index (χ2v) is 21.8. The summed E-state index contributed by atoms with van der Waals surface area (Å²) in [4.78, 5) is 22.7. The van der Waals surface area contributed by atoms with E-state index >= 15 is 0 Å². The highest BCUT2D eigenvalue weighted by atomic mass is 32.2. The highest BCUT2D eigenvalue weighted by Gasteiger charge is 2.64. The lowest BCUT2D eigenvalue weighted by Crippen LogP contribution is -2.41. The molecule has 2 aromatic rings. The first-order valence-electron chi connectivity index (χ1n) is 22.6. The molecule has 2 unspecified atom stereocenters. The van der Waals surface area contributed by atoms with Crippen LogP contribution in [0.15, 0.2) is 24.3 Å². The molecule has 5 fully saturated rings. The predicted molar refractivity (Wildman–Crippen MR) is 245 cm³/mol. The highest BCUT2D eigenvalue weighted by Crippen LogP contribution is 2.43. The van der Waals surface area contributed by atoms with E-state index in [4.69, 9.17) is 46.9 Å². The van der Waals surface area contributed by atoms with Crippen LogP contribution in [0.3, 0.4) is 0 Å². The monoisotopic (exact) mass is 968 g/mol. The summed E-state index contributed by atoms with van der Waals surface area (Å²) < 4.78 is 122. The molecule has 0 N–H and O–H groups in total. The average molecular weight is 969 g/mol. The van der Waals surface area contributed by atoms with Gasteiger partial charge in [0, 0.05) is 24.5 Å². The zero-order valence-electron chi connectivity index (χ0n) is 41.2. The van der Waals surface area contributed by atoms with E-state index in [9.17, 15) is 31.2 Å². The van der Waals surface area contributed by atoms with Crippen LogP contribution in [0.25, 0.3) is 0 Å². The Hall–Kier alpha value is -3.21. The van der Waals surface area contributed by atoms with Crippen molar-refractivity contribution in [2.45, 2.75) is 187 Å². The topological polar surface area (TPSA) is 170 Å². The average Bonchev–Trinajstić information content (AvgIpc) is 3.67. The van der Waals surface area contributed by atoms with Gasteiger partial charge in [0.05, 0.1) is 52.4 Å². The van der Waals surface area contributed by atoms with Crippen molar-refractivity contribution >= 4 is 49.3 Å². The fraction of sp³-hybridized carbons (Fsp3) is 0.689. The van der Waals surface area contributed by atoms with E-state index in [1.54, 1.807) is 0 Å². The van der Waals surface area contributed by atoms with E-state index in [1.807, 2.05) is 102 Å². The largest absolute Gasteiger partial charge is 0.534 e. The zero-order chi connectivity index (χ0) is 50.2. The third-order valence-electron chi connectivity index (χ3n) is 13.5. The summed E-state index contributed by atoms with van der Waals surface area (Å²) in [6, 6.07) is 6.04. The van der Waals surface area contributed by atoms with Crippen molar-refractivity contribution in [2.75, 3.05) is 13.2 Å². The fourth-order valence-electron chi connectivity index (χ4n) is 7.28. The Morgan fingerprint density at radius 1 is 0.582 bits per heavy atom. The molecule has 5 aliphatic heterocycles. The number of aldehydes is 2. The predicted octanol–water partition coefficient (Wildman–Crippen LogP) is 8.20. The summed E-state index contributed by atoms with van der Waals surface area (Å²) in [5.74, 6) is -0.00905. The van der Waals surface area contributed by atoms with Gasteiger partial charge in [-0.1, -0.05) is 0 Å². The Kier molecular flexibility index (Phi) is 16.5. The summed E-state index contributed by atoms with van der Waals surface area (Å²) in [5, 5.41) is 0. The molecule has 67 heavy (non-hydrogen) atoms. The molecule has 15 nitrogen and oxygen atoms in total. The van der Waals surface area contributed by atoms with E-state index in [2.05, 4.69) is 4.18 Å². The van der Waals surface area contributed by atoms with Crippen LogP contribution < -0.4 is 19.1 Å². The minimum Gasteiger partial charge on any atom is -0.465 e. The molecule has 0 amide bonds. The molecule has 2 atom stereocenters. The maximum atomic E-state index is 12.5. The van der Waals surface area contributed by atoms with Gasteiger partial charge in [-0.15, -0.1) is 0 Å². The van der Waals surface area contributed by atoms with Crippen molar-refractivity contribution in [3.63, 3.8) is 0 Å². The van der Waals surface area contributed by atoms with Crippen molar-refractivity contribution in [3.05, 3.63) is 46.5 Å². The van der Waals surface area contributed by atoms with Gasteiger partial charge in [-0.05, 0) is 157 Å².